The predicted octanol–water partition coefficient (Wildman–Crippen LogP) is 7.09. The van der Waals surface area contributed by atoms with Crippen molar-refractivity contribution in [3.8, 4) is 16.9 Å². The molecule has 0 saturated carbocycles. The smallest absolute Gasteiger partial charge is 0.355 e. The van der Waals surface area contributed by atoms with Gasteiger partial charge in [0.15, 0.2) is 0 Å². The third-order valence-corrected chi connectivity index (χ3v) is 8.08. The fourth-order valence-electron chi connectivity index (χ4n) is 6.22. The van der Waals surface area contributed by atoms with Crippen molar-refractivity contribution in [1.29, 1.82) is 0 Å². The molecular weight excluding hydrogens is 526 g/mol. The molecule has 1 aliphatic rings. The maximum atomic E-state index is 13.6. The molecule has 0 N–H and O–H groups in total. The van der Waals surface area contributed by atoms with Crippen molar-refractivity contribution >= 4 is 27.6 Å². The van der Waals surface area contributed by atoms with Crippen LogP contribution in [0.3, 0.4) is 0 Å². The molecule has 0 spiro atoms. The Bertz CT molecular complexity index is 1810. The molecule has 0 bridgehead atoms. The van der Waals surface area contributed by atoms with Gasteiger partial charge < -0.3 is 18.8 Å². The summed E-state index contributed by atoms with van der Waals surface area (Å²) in [5.74, 6) is 0.574. The van der Waals surface area contributed by atoms with Crippen LogP contribution in [0.25, 0.3) is 32.8 Å². The topological polar surface area (TPSA) is 67.5 Å². The molecule has 7 heteroatoms. The minimum absolute atomic E-state index is 0.301. The van der Waals surface area contributed by atoms with E-state index in [0.29, 0.717) is 45.1 Å². The van der Waals surface area contributed by atoms with Gasteiger partial charge >= 0.3 is 5.97 Å². The van der Waals surface area contributed by atoms with Gasteiger partial charge in [-0.15, -0.1) is 0 Å². The van der Waals surface area contributed by atoms with Gasteiger partial charge in [-0.05, 0) is 56.2 Å². The van der Waals surface area contributed by atoms with Crippen LogP contribution in [0.2, 0.25) is 0 Å². The van der Waals surface area contributed by atoms with E-state index in [1.165, 1.54) is 0 Å². The first-order valence-electron chi connectivity index (χ1n) is 14.7. The van der Waals surface area contributed by atoms with Crippen LogP contribution >= 0.6 is 0 Å². The van der Waals surface area contributed by atoms with Crippen LogP contribution in [0.15, 0.2) is 66.7 Å². The number of aromatic nitrogens is 3. The molecule has 0 atom stereocenters. The van der Waals surface area contributed by atoms with E-state index in [2.05, 4.69) is 47.9 Å². The standard InChI is InChI=1S/C35H37N3O4/c1-5-41-35(39)34-27(15-11-21-42-30-16-10-13-25-12-6-7-14-26(25)30)28-18-17-23(2)31-32-24(3)36-37(4)29(32)22-40-20-9-8-19-38(34)33(28)31/h6-10,12-14,16-18H,5,11,15,19-22H2,1-4H3/b9-8-. The fourth-order valence-corrected chi connectivity index (χ4v) is 6.22. The Labute approximate surface area is 246 Å². The maximum absolute atomic E-state index is 13.6. The van der Waals surface area contributed by atoms with Crippen LogP contribution in [-0.2, 0) is 36.1 Å². The Balaban J connectivity index is 1.46. The quantitative estimate of drug-likeness (QED) is 0.120. The first kappa shape index (κ1) is 27.8. The summed E-state index contributed by atoms with van der Waals surface area (Å²) in [6, 6.07) is 18.7. The monoisotopic (exact) mass is 563 g/mol. The van der Waals surface area contributed by atoms with Crippen LogP contribution in [-0.4, -0.2) is 40.1 Å². The number of carbonyl (C=O) groups excluding carboxylic acids is 1. The lowest BCUT2D eigenvalue weighted by Gasteiger charge is -2.14. The van der Waals surface area contributed by atoms with Crippen LogP contribution < -0.4 is 4.74 Å². The fraction of sp³-hybridized carbons (Fsp3) is 0.314. The summed E-state index contributed by atoms with van der Waals surface area (Å²) >= 11 is 0. The molecule has 3 aromatic carbocycles. The van der Waals surface area contributed by atoms with Gasteiger partial charge in [-0.2, -0.15) is 5.10 Å². The molecule has 0 radical (unpaired) electrons. The van der Waals surface area contributed by atoms with Crippen molar-refractivity contribution in [3.05, 3.63) is 95.0 Å². The Morgan fingerprint density at radius 2 is 1.83 bits per heavy atom. The van der Waals surface area contributed by atoms with Gasteiger partial charge in [-0.1, -0.05) is 60.7 Å². The molecule has 5 aromatic rings. The molecule has 2 aromatic heterocycles. The van der Waals surface area contributed by atoms with E-state index in [0.717, 1.165) is 67.5 Å². The number of hydrogen-bond acceptors (Lipinski definition) is 5. The number of esters is 1. The van der Waals surface area contributed by atoms with E-state index in [9.17, 15) is 4.79 Å². The predicted molar refractivity (Wildman–Crippen MR) is 166 cm³/mol. The Morgan fingerprint density at radius 3 is 2.69 bits per heavy atom. The zero-order valence-electron chi connectivity index (χ0n) is 24.8. The van der Waals surface area contributed by atoms with Gasteiger partial charge in [0.25, 0.3) is 0 Å². The van der Waals surface area contributed by atoms with Crippen LogP contribution in [0.1, 0.15) is 46.3 Å². The van der Waals surface area contributed by atoms with E-state index < -0.39 is 0 Å². The van der Waals surface area contributed by atoms with Crippen molar-refractivity contribution in [2.45, 2.75) is 46.8 Å². The molecule has 42 heavy (non-hydrogen) atoms. The number of fused-ring (bicyclic) bond motifs is 3. The summed E-state index contributed by atoms with van der Waals surface area (Å²) in [6.45, 7) is 8.33. The number of nitrogens with zero attached hydrogens (tertiary/aromatic N) is 3. The van der Waals surface area contributed by atoms with Crippen molar-refractivity contribution in [1.82, 2.24) is 14.3 Å². The summed E-state index contributed by atoms with van der Waals surface area (Å²) in [5.41, 5.74) is 7.89. The number of carbonyl (C=O) groups is 1. The van der Waals surface area contributed by atoms with E-state index >= 15 is 0 Å². The normalized spacial score (nSPS) is 14.0. The van der Waals surface area contributed by atoms with Gasteiger partial charge in [0.05, 0.1) is 43.3 Å². The zero-order valence-corrected chi connectivity index (χ0v) is 24.8. The summed E-state index contributed by atoms with van der Waals surface area (Å²) in [7, 11) is 1.96. The molecule has 6 rings (SSSR count). The SMILES string of the molecule is CCOC(=O)c1c(CCCOc2cccc3ccccc23)c2ccc(C)c3c2n1C/C=C\COCc1c-3c(C)nn1C. The molecule has 0 amide bonds. The Kier molecular flexibility index (Phi) is 7.85. The van der Waals surface area contributed by atoms with Crippen molar-refractivity contribution < 1.29 is 19.0 Å². The average Bonchev–Trinajstić information content (AvgIpc) is 3.43. The van der Waals surface area contributed by atoms with E-state index in [1.54, 1.807) is 0 Å². The molecule has 0 fully saturated rings. The summed E-state index contributed by atoms with van der Waals surface area (Å²) < 4.78 is 22.0. The van der Waals surface area contributed by atoms with Crippen molar-refractivity contribution in [2.75, 3.05) is 19.8 Å². The lowest BCUT2D eigenvalue weighted by molar-refractivity contribution is 0.0513. The maximum Gasteiger partial charge on any atom is 0.355 e. The third kappa shape index (κ3) is 4.98. The van der Waals surface area contributed by atoms with Crippen LogP contribution in [0.4, 0.5) is 0 Å². The Hall–Kier alpha value is -4.36. The van der Waals surface area contributed by atoms with Gasteiger partial charge in [-0.25, -0.2) is 4.79 Å². The second-order valence-corrected chi connectivity index (χ2v) is 10.8. The van der Waals surface area contributed by atoms with Crippen molar-refractivity contribution in [2.24, 2.45) is 7.05 Å². The van der Waals surface area contributed by atoms with E-state index in [-0.39, 0.29) is 5.97 Å². The first-order chi connectivity index (χ1) is 20.5. The lowest BCUT2D eigenvalue weighted by Crippen LogP contribution is -2.14. The second kappa shape index (κ2) is 11.9. The highest BCUT2D eigenvalue weighted by molar-refractivity contribution is 6.05. The van der Waals surface area contributed by atoms with Gasteiger partial charge in [0.2, 0.25) is 0 Å². The van der Waals surface area contributed by atoms with Gasteiger partial charge in [0, 0.05) is 35.5 Å². The number of hydrogen-bond donors (Lipinski definition) is 0. The molecule has 216 valence electrons. The third-order valence-electron chi connectivity index (χ3n) is 8.08. The summed E-state index contributed by atoms with van der Waals surface area (Å²) in [5, 5.41) is 8.09. The van der Waals surface area contributed by atoms with E-state index in [4.69, 9.17) is 19.3 Å². The molecule has 0 aliphatic carbocycles. The number of allylic oxidation sites excluding steroid dienone is 1. The number of benzene rings is 3. The highest BCUT2D eigenvalue weighted by Crippen LogP contribution is 2.41. The van der Waals surface area contributed by atoms with Crippen LogP contribution in [0.5, 0.6) is 5.75 Å². The molecule has 0 saturated heterocycles. The van der Waals surface area contributed by atoms with Crippen LogP contribution in [0, 0.1) is 13.8 Å². The first-order valence-corrected chi connectivity index (χ1v) is 14.7. The minimum Gasteiger partial charge on any atom is -0.493 e. The van der Waals surface area contributed by atoms with E-state index in [1.807, 2.05) is 55.9 Å². The zero-order chi connectivity index (χ0) is 29.2. The highest BCUT2D eigenvalue weighted by atomic mass is 16.5. The number of rotatable bonds is 7. The molecule has 1 aliphatic heterocycles. The summed E-state index contributed by atoms with van der Waals surface area (Å²) in [4.78, 5) is 13.6. The number of ether oxygens (including phenoxy) is 3. The number of aryl methyl sites for hydroxylation is 4. The van der Waals surface area contributed by atoms with Gasteiger partial charge in [-0.3, -0.25) is 4.68 Å². The molecule has 0 unspecified atom stereocenters. The minimum atomic E-state index is -0.301. The van der Waals surface area contributed by atoms with Crippen molar-refractivity contribution in [3.63, 3.8) is 0 Å². The molecular formula is C35H37N3O4. The summed E-state index contributed by atoms with van der Waals surface area (Å²) in [6.07, 6.45) is 5.51. The second-order valence-electron chi connectivity index (χ2n) is 10.8. The molecule has 7 nitrogen and oxygen atoms in total. The lowest BCUT2D eigenvalue weighted by atomic mass is 9.94. The molecule has 3 heterocycles. The Morgan fingerprint density at radius 1 is 1.00 bits per heavy atom. The van der Waals surface area contributed by atoms with Gasteiger partial charge in [0.1, 0.15) is 11.4 Å². The average molecular weight is 564 g/mol. The highest BCUT2D eigenvalue weighted by Gasteiger charge is 2.28. The largest absolute Gasteiger partial charge is 0.493 e.